The van der Waals surface area contributed by atoms with Gasteiger partial charge in [0.15, 0.2) is 5.65 Å². The zero-order chi connectivity index (χ0) is 14.6. The summed E-state index contributed by atoms with van der Waals surface area (Å²) in [6.07, 6.45) is 1.38. The maximum atomic E-state index is 11.3. The number of nitrogens with zero attached hydrogens (tertiary/aromatic N) is 3. The molecular weight excluding hydrogens is 280 g/mol. The summed E-state index contributed by atoms with van der Waals surface area (Å²) in [7, 11) is -3.17. The van der Waals surface area contributed by atoms with E-state index in [2.05, 4.69) is 25.0 Å². The monoisotopic (exact) mass is 296 g/mol. The lowest BCUT2D eigenvalue weighted by Gasteiger charge is -2.08. The molecule has 2 rings (SSSR count). The highest BCUT2D eigenvalue weighted by atomic mass is 32.2. The van der Waals surface area contributed by atoms with Crippen molar-refractivity contribution in [3.05, 3.63) is 18.5 Å². The van der Waals surface area contributed by atoms with Crippen molar-refractivity contribution in [2.24, 2.45) is 0 Å². The van der Waals surface area contributed by atoms with E-state index in [0.29, 0.717) is 23.8 Å². The number of anilines is 2. The van der Waals surface area contributed by atoms with Gasteiger partial charge < -0.3 is 11.1 Å². The molecule has 4 N–H and O–H groups in total. The smallest absolute Gasteiger partial charge is 0.211 e. The van der Waals surface area contributed by atoms with Crippen molar-refractivity contribution >= 4 is 32.7 Å². The molecule has 0 aromatic carbocycles. The van der Waals surface area contributed by atoms with Crippen LogP contribution in [0.1, 0.15) is 6.92 Å². The Balaban J connectivity index is 2.04. The van der Waals surface area contributed by atoms with Gasteiger partial charge in [0.1, 0.15) is 18.0 Å². The van der Waals surface area contributed by atoms with Crippen molar-refractivity contribution in [1.82, 2.24) is 19.7 Å². The molecule has 0 saturated heterocycles. The third kappa shape index (κ3) is 3.52. The second-order valence-electron chi connectivity index (χ2n) is 4.05. The van der Waals surface area contributed by atoms with Crippen molar-refractivity contribution in [1.29, 1.82) is 0 Å². The van der Waals surface area contributed by atoms with Crippen LogP contribution in [0.3, 0.4) is 0 Å². The summed E-state index contributed by atoms with van der Waals surface area (Å²) in [4.78, 5) is 12.2. The summed E-state index contributed by atoms with van der Waals surface area (Å²) in [6.45, 7) is 2.28. The molecule has 2 aromatic rings. The van der Waals surface area contributed by atoms with Gasteiger partial charge in [-0.25, -0.2) is 28.1 Å². The second kappa shape index (κ2) is 5.97. The molecule has 0 bridgehead atoms. The van der Waals surface area contributed by atoms with E-state index in [9.17, 15) is 8.42 Å². The number of nitrogens with one attached hydrogen (secondary N) is 2. The molecule has 0 spiro atoms. The average Bonchev–Trinajstić information content (AvgIpc) is 2.43. The largest absolute Gasteiger partial charge is 0.384 e. The van der Waals surface area contributed by atoms with Gasteiger partial charge in [0, 0.05) is 13.1 Å². The van der Waals surface area contributed by atoms with Crippen LogP contribution in [0.4, 0.5) is 11.6 Å². The molecule has 0 fully saturated rings. The number of nitrogens with two attached hydrogens (primary N) is 1. The van der Waals surface area contributed by atoms with Crippen LogP contribution in [0.2, 0.25) is 0 Å². The van der Waals surface area contributed by atoms with E-state index in [1.807, 2.05) is 0 Å². The summed E-state index contributed by atoms with van der Waals surface area (Å²) < 4.78 is 25.0. The highest BCUT2D eigenvalue weighted by Crippen LogP contribution is 2.17. The SMILES string of the molecule is CCS(=O)(=O)NCCNc1ncnc2nc(N)ccc12. The first-order valence-electron chi connectivity index (χ1n) is 6.10. The molecule has 0 saturated carbocycles. The Labute approximate surface area is 116 Å². The first-order chi connectivity index (χ1) is 9.52. The molecule has 8 nitrogen and oxygen atoms in total. The van der Waals surface area contributed by atoms with Crippen molar-refractivity contribution < 1.29 is 8.42 Å². The summed E-state index contributed by atoms with van der Waals surface area (Å²) >= 11 is 0. The molecule has 20 heavy (non-hydrogen) atoms. The van der Waals surface area contributed by atoms with E-state index in [1.54, 1.807) is 19.1 Å². The van der Waals surface area contributed by atoms with Gasteiger partial charge in [0.25, 0.3) is 0 Å². The third-order valence-corrected chi connectivity index (χ3v) is 4.04. The summed E-state index contributed by atoms with van der Waals surface area (Å²) in [6, 6.07) is 3.44. The lowest BCUT2D eigenvalue weighted by atomic mass is 10.3. The summed E-state index contributed by atoms with van der Waals surface area (Å²) in [5, 5.41) is 3.78. The predicted molar refractivity (Wildman–Crippen MR) is 77.7 cm³/mol. The van der Waals surface area contributed by atoms with Crippen LogP contribution in [-0.4, -0.2) is 42.2 Å². The number of sulfonamides is 1. The van der Waals surface area contributed by atoms with Crippen molar-refractivity contribution in [2.45, 2.75) is 6.92 Å². The number of rotatable bonds is 6. The molecule has 2 aromatic heterocycles. The molecule has 9 heteroatoms. The molecule has 0 unspecified atom stereocenters. The van der Waals surface area contributed by atoms with Crippen LogP contribution in [-0.2, 0) is 10.0 Å². The minimum atomic E-state index is -3.17. The molecule has 0 radical (unpaired) electrons. The maximum Gasteiger partial charge on any atom is 0.211 e. The topological polar surface area (TPSA) is 123 Å². The van der Waals surface area contributed by atoms with Crippen molar-refractivity contribution in [3.63, 3.8) is 0 Å². The fourth-order valence-corrected chi connectivity index (χ4v) is 2.20. The quantitative estimate of drug-likeness (QED) is 0.639. The van der Waals surface area contributed by atoms with Gasteiger partial charge in [0.2, 0.25) is 10.0 Å². The molecule has 2 heterocycles. The van der Waals surface area contributed by atoms with E-state index < -0.39 is 10.0 Å². The van der Waals surface area contributed by atoms with E-state index in [1.165, 1.54) is 6.33 Å². The van der Waals surface area contributed by atoms with Gasteiger partial charge in [-0.1, -0.05) is 0 Å². The standard InChI is InChI=1S/C11H16N6O2S/c1-2-20(18,19)16-6-5-13-10-8-3-4-9(12)17-11(8)15-7-14-10/h3-4,7,16H,2,5-6H2,1H3,(H3,12,13,14,15,17). The van der Waals surface area contributed by atoms with E-state index in [4.69, 9.17) is 5.73 Å². The third-order valence-electron chi connectivity index (χ3n) is 2.64. The van der Waals surface area contributed by atoms with E-state index >= 15 is 0 Å². The zero-order valence-corrected chi connectivity index (χ0v) is 11.8. The minimum absolute atomic E-state index is 0.0621. The first kappa shape index (κ1) is 14.4. The normalized spacial score (nSPS) is 11.7. The number of hydrogen-bond acceptors (Lipinski definition) is 7. The lowest BCUT2D eigenvalue weighted by molar-refractivity contribution is 0.584. The van der Waals surface area contributed by atoms with E-state index in [-0.39, 0.29) is 12.3 Å². The van der Waals surface area contributed by atoms with Gasteiger partial charge in [-0.15, -0.1) is 0 Å². The highest BCUT2D eigenvalue weighted by molar-refractivity contribution is 7.89. The van der Waals surface area contributed by atoms with Gasteiger partial charge in [0.05, 0.1) is 11.1 Å². The number of nitrogen functional groups attached to an aromatic ring is 1. The van der Waals surface area contributed by atoms with Crippen LogP contribution in [0, 0.1) is 0 Å². The zero-order valence-electron chi connectivity index (χ0n) is 11.0. The summed E-state index contributed by atoms with van der Waals surface area (Å²) in [5.74, 6) is 1.04. The van der Waals surface area contributed by atoms with Crippen molar-refractivity contribution in [2.75, 3.05) is 29.9 Å². The minimum Gasteiger partial charge on any atom is -0.384 e. The van der Waals surface area contributed by atoms with Crippen LogP contribution in [0.5, 0.6) is 0 Å². The molecule has 0 amide bonds. The van der Waals surface area contributed by atoms with Gasteiger partial charge in [-0.3, -0.25) is 0 Å². The van der Waals surface area contributed by atoms with Crippen LogP contribution in [0.25, 0.3) is 11.0 Å². The fourth-order valence-electron chi connectivity index (χ4n) is 1.59. The Bertz CT molecular complexity index is 703. The Morgan fingerprint density at radius 1 is 1.25 bits per heavy atom. The maximum absolute atomic E-state index is 11.3. The fraction of sp³-hybridized carbons (Fsp3) is 0.364. The Hall–Kier alpha value is -2.00. The molecule has 108 valence electrons. The Kier molecular flexibility index (Phi) is 4.30. The van der Waals surface area contributed by atoms with Gasteiger partial charge in [-0.05, 0) is 19.1 Å². The molecule has 0 atom stereocenters. The predicted octanol–water partition coefficient (Wildman–Crippen LogP) is -0.0418. The van der Waals surface area contributed by atoms with Crippen LogP contribution in [0.15, 0.2) is 18.5 Å². The van der Waals surface area contributed by atoms with Crippen LogP contribution >= 0.6 is 0 Å². The van der Waals surface area contributed by atoms with Gasteiger partial charge in [-0.2, -0.15) is 0 Å². The van der Waals surface area contributed by atoms with E-state index in [0.717, 1.165) is 5.39 Å². The number of hydrogen-bond donors (Lipinski definition) is 3. The Morgan fingerprint density at radius 3 is 2.80 bits per heavy atom. The lowest BCUT2D eigenvalue weighted by Crippen LogP contribution is -2.30. The molecule has 0 aliphatic rings. The highest BCUT2D eigenvalue weighted by Gasteiger charge is 2.07. The number of aromatic nitrogens is 3. The van der Waals surface area contributed by atoms with Crippen molar-refractivity contribution in [3.8, 4) is 0 Å². The molecular formula is C11H16N6O2S. The molecule has 0 aliphatic carbocycles. The van der Waals surface area contributed by atoms with Gasteiger partial charge >= 0.3 is 0 Å². The number of fused-ring (bicyclic) bond motifs is 1. The first-order valence-corrected chi connectivity index (χ1v) is 7.75. The van der Waals surface area contributed by atoms with Crippen LogP contribution < -0.4 is 15.8 Å². The second-order valence-corrected chi connectivity index (χ2v) is 6.15. The Morgan fingerprint density at radius 2 is 2.05 bits per heavy atom. The number of pyridine rings is 1. The molecule has 0 aliphatic heterocycles. The summed E-state index contributed by atoms with van der Waals surface area (Å²) in [5.41, 5.74) is 6.09. The average molecular weight is 296 g/mol.